The summed E-state index contributed by atoms with van der Waals surface area (Å²) in [5.74, 6) is -0.426. The Morgan fingerprint density at radius 3 is 2.76 bits per heavy atom. The van der Waals surface area contributed by atoms with Gasteiger partial charge >= 0.3 is 5.97 Å². The van der Waals surface area contributed by atoms with E-state index in [1.54, 1.807) is 12.4 Å². The van der Waals surface area contributed by atoms with Crippen LogP contribution in [0.3, 0.4) is 0 Å². The lowest BCUT2D eigenvalue weighted by Gasteiger charge is -2.42. The maximum absolute atomic E-state index is 10.6. The van der Waals surface area contributed by atoms with Gasteiger partial charge in [0.15, 0.2) is 0 Å². The molecule has 2 rings (SSSR count). The molecule has 0 amide bonds. The lowest BCUT2D eigenvalue weighted by molar-refractivity contribution is -0.139. The van der Waals surface area contributed by atoms with Crippen molar-refractivity contribution in [3.05, 3.63) is 23.8 Å². The predicted octanol–water partition coefficient (Wildman–Crippen LogP) is 1.25. The Balaban J connectivity index is 1.93. The minimum atomic E-state index is -0.710. The first-order valence-corrected chi connectivity index (χ1v) is 5.81. The largest absolute Gasteiger partial charge is 0.481 e. The van der Waals surface area contributed by atoms with E-state index in [1.807, 2.05) is 6.92 Å². The molecule has 1 aromatic rings. The molecular weight excluding hydrogens is 218 g/mol. The fraction of sp³-hybridized carbons (Fsp3) is 0.583. The molecule has 1 fully saturated rings. The summed E-state index contributed by atoms with van der Waals surface area (Å²) in [5.41, 5.74) is 1.93. The van der Waals surface area contributed by atoms with Crippen molar-refractivity contribution in [1.82, 2.24) is 14.9 Å². The highest BCUT2D eigenvalue weighted by atomic mass is 16.4. The zero-order valence-electron chi connectivity index (χ0n) is 10.1. The summed E-state index contributed by atoms with van der Waals surface area (Å²) in [4.78, 5) is 21.4. The van der Waals surface area contributed by atoms with E-state index in [0.29, 0.717) is 0 Å². The van der Waals surface area contributed by atoms with Crippen LogP contribution in [0.4, 0.5) is 0 Å². The first-order chi connectivity index (χ1) is 8.08. The van der Waals surface area contributed by atoms with Crippen molar-refractivity contribution in [2.75, 3.05) is 13.1 Å². The minimum absolute atomic E-state index is 0.216. The number of carboxylic acid groups (broad SMARTS) is 1. The molecule has 1 aromatic heterocycles. The van der Waals surface area contributed by atoms with E-state index in [2.05, 4.69) is 21.8 Å². The van der Waals surface area contributed by atoms with Gasteiger partial charge in [-0.2, -0.15) is 0 Å². The average molecular weight is 235 g/mol. The van der Waals surface area contributed by atoms with Gasteiger partial charge in [0.25, 0.3) is 0 Å². The SMILES string of the molecule is Cc1nccnc1C(C)N1CC(CC(=O)O)C1. The number of hydrogen-bond donors (Lipinski definition) is 1. The van der Waals surface area contributed by atoms with Crippen molar-refractivity contribution in [1.29, 1.82) is 0 Å². The van der Waals surface area contributed by atoms with E-state index in [0.717, 1.165) is 24.5 Å². The molecule has 1 N–H and O–H groups in total. The molecule has 5 heteroatoms. The van der Waals surface area contributed by atoms with Crippen molar-refractivity contribution in [2.24, 2.45) is 5.92 Å². The van der Waals surface area contributed by atoms with Crippen LogP contribution in [0.25, 0.3) is 0 Å². The molecule has 1 atom stereocenters. The number of rotatable bonds is 4. The molecule has 0 radical (unpaired) electrons. The van der Waals surface area contributed by atoms with Gasteiger partial charge in [0.1, 0.15) is 0 Å². The maximum atomic E-state index is 10.6. The van der Waals surface area contributed by atoms with Gasteiger partial charge < -0.3 is 5.11 Å². The van der Waals surface area contributed by atoms with Crippen molar-refractivity contribution in [3.63, 3.8) is 0 Å². The van der Waals surface area contributed by atoms with Crippen LogP contribution in [0.5, 0.6) is 0 Å². The smallest absolute Gasteiger partial charge is 0.303 e. The van der Waals surface area contributed by atoms with Crippen LogP contribution in [-0.4, -0.2) is 39.0 Å². The van der Waals surface area contributed by atoms with Gasteiger partial charge in [-0.15, -0.1) is 0 Å². The monoisotopic (exact) mass is 235 g/mol. The summed E-state index contributed by atoms with van der Waals surface area (Å²) in [5, 5.41) is 8.69. The second-order valence-electron chi connectivity index (χ2n) is 4.62. The van der Waals surface area contributed by atoms with E-state index < -0.39 is 5.97 Å². The molecule has 1 aliphatic rings. The molecule has 17 heavy (non-hydrogen) atoms. The molecule has 0 aromatic carbocycles. The zero-order chi connectivity index (χ0) is 12.4. The Morgan fingerprint density at radius 2 is 2.18 bits per heavy atom. The average Bonchev–Trinajstić information content (AvgIpc) is 2.22. The first-order valence-electron chi connectivity index (χ1n) is 5.81. The van der Waals surface area contributed by atoms with Gasteiger partial charge in [0, 0.05) is 25.5 Å². The van der Waals surface area contributed by atoms with E-state index in [9.17, 15) is 4.79 Å². The summed E-state index contributed by atoms with van der Waals surface area (Å²) in [6, 6.07) is 0.216. The Bertz CT molecular complexity index is 416. The Labute approximate surface area is 100 Å². The fourth-order valence-corrected chi connectivity index (χ4v) is 2.30. The lowest BCUT2D eigenvalue weighted by Crippen LogP contribution is -2.48. The number of aliphatic carboxylic acids is 1. The van der Waals surface area contributed by atoms with Crippen LogP contribution in [0.1, 0.15) is 30.8 Å². The van der Waals surface area contributed by atoms with Crippen molar-refractivity contribution in [2.45, 2.75) is 26.3 Å². The van der Waals surface area contributed by atoms with E-state index in [-0.39, 0.29) is 18.4 Å². The van der Waals surface area contributed by atoms with Gasteiger partial charge in [-0.3, -0.25) is 19.7 Å². The predicted molar refractivity (Wildman–Crippen MR) is 62.5 cm³/mol. The van der Waals surface area contributed by atoms with Crippen LogP contribution in [0.15, 0.2) is 12.4 Å². The van der Waals surface area contributed by atoms with Gasteiger partial charge in [0.05, 0.1) is 23.9 Å². The maximum Gasteiger partial charge on any atom is 0.303 e. The van der Waals surface area contributed by atoms with E-state index in [1.165, 1.54) is 0 Å². The molecule has 0 bridgehead atoms. The van der Waals surface area contributed by atoms with Crippen LogP contribution < -0.4 is 0 Å². The highest BCUT2D eigenvalue weighted by molar-refractivity contribution is 5.67. The van der Waals surface area contributed by atoms with Gasteiger partial charge in [-0.25, -0.2) is 0 Å². The lowest BCUT2D eigenvalue weighted by atomic mass is 9.93. The van der Waals surface area contributed by atoms with Crippen LogP contribution in [-0.2, 0) is 4.79 Å². The first kappa shape index (κ1) is 12.0. The quantitative estimate of drug-likeness (QED) is 0.850. The Kier molecular flexibility index (Phi) is 3.38. The van der Waals surface area contributed by atoms with Gasteiger partial charge in [-0.05, 0) is 19.8 Å². The van der Waals surface area contributed by atoms with Gasteiger partial charge in [-0.1, -0.05) is 0 Å². The third-order valence-corrected chi connectivity index (χ3v) is 3.31. The summed E-state index contributed by atoms with van der Waals surface area (Å²) >= 11 is 0. The highest BCUT2D eigenvalue weighted by Crippen LogP contribution is 2.29. The molecule has 0 aliphatic carbocycles. The van der Waals surface area contributed by atoms with Crippen molar-refractivity contribution >= 4 is 5.97 Å². The van der Waals surface area contributed by atoms with Crippen LogP contribution >= 0.6 is 0 Å². The zero-order valence-corrected chi connectivity index (χ0v) is 10.1. The van der Waals surface area contributed by atoms with Crippen LogP contribution in [0, 0.1) is 12.8 Å². The molecular formula is C12H17N3O2. The molecule has 1 aliphatic heterocycles. The third-order valence-electron chi connectivity index (χ3n) is 3.31. The second-order valence-corrected chi connectivity index (χ2v) is 4.62. The van der Waals surface area contributed by atoms with E-state index >= 15 is 0 Å². The summed E-state index contributed by atoms with van der Waals surface area (Å²) in [7, 11) is 0. The van der Waals surface area contributed by atoms with E-state index in [4.69, 9.17) is 5.11 Å². The standard InChI is InChI=1S/C12H17N3O2/c1-8-12(14-4-3-13-8)9(2)15-6-10(7-15)5-11(16)17/h3-4,9-10H,5-7H2,1-2H3,(H,16,17). The number of nitrogens with zero attached hydrogens (tertiary/aromatic N) is 3. The summed E-state index contributed by atoms with van der Waals surface area (Å²) in [6.45, 7) is 5.72. The van der Waals surface area contributed by atoms with Crippen molar-refractivity contribution in [3.8, 4) is 0 Å². The summed E-state index contributed by atoms with van der Waals surface area (Å²) < 4.78 is 0. The minimum Gasteiger partial charge on any atom is -0.481 e. The number of carboxylic acids is 1. The molecule has 2 heterocycles. The fourth-order valence-electron chi connectivity index (χ4n) is 2.30. The third kappa shape index (κ3) is 2.61. The molecule has 5 nitrogen and oxygen atoms in total. The number of aryl methyl sites for hydroxylation is 1. The number of likely N-dealkylation sites (tertiary alicyclic amines) is 1. The Hall–Kier alpha value is -1.49. The molecule has 1 unspecified atom stereocenters. The topological polar surface area (TPSA) is 66.3 Å². The number of aromatic nitrogens is 2. The normalized spacial score (nSPS) is 18.7. The number of hydrogen-bond acceptors (Lipinski definition) is 4. The number of carbonyl (C=O) groups is 1. The van der Waals surface area contributed by atoms with Crippen LogP contribution in [0.2, 0.25) is 0 Å². The highest BCUT2D eigenvalue weighted by Gasteiger charge is 2.33. The molecule has 1 saturated heterocycles. The van der Waals surface area contributed by atoms with Gasteiger partial charge in [0.2, 0.25) is 0 Å². The van der Waals surface area contributed by atoms with Crippen molar-refractivity contribution < 1.29 is 9.90 Å². The second kappa shape index (κ2) is 4.79. The summed E-state index contributed by atoms with van der Waals surface area (Å²) in [6.07, 6.45) is 3.66. The Morgan fingerprint density at radius 1 is 1.53 bits per heavy atom. The molecule has 92 valence electrons. The molecule has 0 spiro atoms. The molecule has 0 saturated carbocycles.